The quantitative estimate of drug-likeness (QED) is 0.398. The molecule has 3 atom stereocenters. The summed E-state index contributed by atoms with van der Waals surface area (Å²) in [5.74, 6) is -0.316. The minimum Gasteiger partial charge on any atom is -0.489 e. The van der Waals surface area contributed by atoms with Gasteiger partial charge in [-0.15, -0.1) is 0 Å². The molecule has 3 aliphatic heterocycles. The minimum atomic E-state index is -5.79. The van der Waals surface area contributed by atoms with Crippen LogP contribution in [0, 0.1) is 0 Å². The Morgan fingerprint density at radius 2 is 1.75 bits per heavy atom. The van der Waals surface area contributed by atoms with Crippen molar-refractivity contribution in [3.63, 3.8) is 0 Å². The van der Waals surface area contributed by atoms with Gasteiger partial charge >= 0.3 is 15.6 Å². The Bertz CT molecular complexity index is 1290. The zero-order valence-corrected chi connectivity index (χ0v) is 20.9. The van der Waals surface area contributed by atoms with E-state index >= 15 is 0 Å². The molecule has 0 saturated carbocycles. The summed E-state index contributed by atoms with van der Waals surface area (Å²) in [5, 5.41) is 0.387. The monoisotopic (exact) mass is 544 g/mol. The number of hydrogen-bond acceptors (Lipinski definition) is 6. The number of anilines is 1. The fraction of sp³-hybridized carbons (Fsp3) is 0.458. The van der Waals surface area contributed by atoms with Gasteiger partial charge in [-0.2, -0.15) is 21.6 Å². The first-order valence-electron chi connectivity index (χ1n) is 11.6. The maximum absolute atomic E-state index is 13.1. The van der Waals surface area contributed by atoms with Crippen LogP contribution < -0.4 is 13.8 Å². The molecule has 0 radical (unpaired) electrons. The summed E-state index contributed by atoms with van der Waals surface area (Å²) in [6, 6.07) is 9.65. The minimum absolute atomic E-state index is 0.0862. The van der Waals surface area contributed by atoms with Crippen LogP contribution in [0.25, 0.3) is 0 Å². The van der Waals surface area contributed by atoms with E-state index in [-0.39, 0.29) is 24.1 Å². The summed E-state index contributed by atoms with van der Waals surface area (Å²) in [6.07, 6.45) is 4.63. The number of rotatable bonds is 5. The van der Waals surface area contributed by atoms with Crippen LogP contribution in [-0.2, 0) is 16.5 Å². The summed E-state index contributed by atoms with van der Waals surface area (Å²) < 4.78 is 70.8. The maximum atomic E-state index is 13.1. The van der Waals surface area contributed by atoms with E-state index in [9.17, 15) is 26.4 Å². The molecule has 0 spiro atoms. The largest absolute Gasteiger partial charge is 0.534 e. The van der Waals surface area contributed by atoms with Crippen molar-refractivity contribution in [2.24, 2.45) is 0 Å². The number of fused-ring (bicyclic) bond motifs is 3. The van der Waals surface area contributed by atoms with Crippen molar-refractivity contribution in [3.05, 3.63) is 52.5 Å². The van der Waals surface area contributed by atoms with Gasteiger partial charge in [0.25, 0.3) is 5.91 Å². The van der Waals surface area contributed by atoms with Gasteiger partial charge in [0.15, 0.2) is 0 Å². The lowest BCUT2D eigenvalue weighted by atomic mass is 9.98. The Morgan fingerprint density at radius 1 is 1.06 bits per heavy atom. The SMILES string of the molecule is CN1[C@@H]2CC[C@H]1C[C@@H](Oc1ccc(N3CCc4cc(OS(=O)(=O)C(F)(F)F)ccc4C3=O)cc1Cl)C2. The van der Waals surface area contributed by atoms with Crippen molar-refractivity contribution in [1.82, 2.24) is 4.90 Å². The standard InChI is InChI=1S/C24H24ClF3N2O5S/c1-29-15-2-3-16(29)12-19(11-15)34-22-7-4-17(13-21(22)25)30-9-8-14-10-18(5-6-20(14)23(30)31)35-36(32,33)24(26,27)28/h4-7,10,13,15-16,19H,2-3,8-9,11-12H2,1H3/t15-,16+,19+. The van der Waals surface area contributed by atoms with Gasteiger partial charge in [0.1, 0.15) is 17.6 Å². The van der Waals surface area contributed by atoms with E-state index in [1.165, 1.54) is 23.8 Å². The molecule has 2 aromatic rings. The average molecular weight is 545 g/mol. The molecule has 194 valence electrons. The fourth-order valence-electron chi connectivity index (χ4n) is 5.33. The second-order valence-electron chi connectivity index (χ2n) is 9.39. The number of nitrogens with zero attached hydrogens (tertiary/aromatic N) is 2. The third kappa shape index (κ3) is 4.64. The van der Waals surface area contributed by atoms with Gasteiger partial charge in [0.2, 0.25) is 0 Å². The van der Waals surface area contributed by atoms with Crippen molar-refractivity contribution >= 4 is 33.3 Å². The number of carbonyl (C=O) groups excluding carboxylic acids is 1. The molecule has 36 heavy (non-hydrogen) atoms. The van der Waals surface area contributed by atoms with E-state index in [0.717, 1.165) is 25.0 Å². The number of amides is 1. The molecule has 2 saturated heterocycles. The van der Waals surface area contributed by atoms with Gasteiger partial charge in [0, 0.05) is 29.9 Å². The summed E-state index contributed by atoms with van der Waals surface area (Å²) in [5.41, 5.74) is -4.34. The van der Waals surface area contributed by atoms with Gasteiger partial charge in [-0.1, -0.05) is 11.6 Å². The topological polar surface area (TPSA) is 76.2 Å². The molecule has 3 heterocycles. The molecular formula is C24H24ClF3N2O5S. The van der Waals surface area contributed by atoms with Gasteiger partial charge in [-0.05, 0) is 81.1 Å². The maximum Gasteiger partial charge on any atom is 0.534 e. The fourth-order valence-corrected chi connectivity index (χ4v) is 6.00. The average Bonchev–Trinajstić information content (AvgIpc) is 3.00. The van der Waals surface area contributed by atoms with Gasteiger partial charge in [0.05, 0.1) is 5.02 Å². The molecule has 0 aliphatic carbocycles. The molecule has 0 N–H and O–H groups in total. The third-order valence-corrected chi connectivity index (χ3v) is 8.50. The van der Waals surface area contributed by atoms with Crippen molar-refractivity contribution < 1.29 is 35.3 Å². The lowest BCUT2D eigenvalue weighted by Gasteiger charge is -2.36. The predicted octanol–water partition coefficient (Wildman–Crippen LogP) is 4.78. The van der Waals surface area contributed by atoms with E-state index in [1.807, 2.05) is 0 Å². The zero-order valence-electron chi connectivity index (χ0n) is 19.3. The summed E-state index contributed by atoms with van der Waals surface area (Å²) in [7, 11) is -3.63. The third-order valence-electron chi connectivity index (χ3n) is 7.22. The molecule has 2 bridgehead atoms. The van der Waals surface area contributed by atoms with Gasteiger partial charge < -0.3 is 18.7 Å². The molecule has 3 aliphatic rings. The van der Waals surface area contributed by atoms with Crippen LogP contribution in [0.3, 0.4) is 0 Å². The molecule has 2 fully saturated rings. The van der Waals surface area contributed by atoms with Crippen LogP contribution in [-0.4, -0.2) is 56.5 Å². The van der Waals surface area contributed by atoms with Gasteiger partial charge in [-0.3, -0.25) is 4.79 Å². The van der Waals surface area contributed by atoms with Crippen LogP contribution in [0.15, 0.2) is 36.4 Å². The van der Waals surface area contributed by atoms with E-state index in [4.69, 9.17) is 16.3 Å². The lowest BCUT2D eigenvalue weighted by Crippen LogP contribution is -2.43. The Morgan fingerprint density at radius 3 is 2.39 bits per heavy atom. The second-order valence-corrected chi connectivity index (χ2v) is 11.3. The van der Waals surface area contributed by atoms with Crippen molar-refractivity contribution in [3.8, 4) is 11.5 Å². The molecule has 1 amide bonds. The Hall–Kier alpha value is -2.50. The van der Waals surface area contributed by atoms with E-state index < -0.39 is 21.4 Å². The Balaban J connectivity index is 1.29. The highest BCUT2D eigenvalue weighted by Gasteiger charge is 2.48. The van der Waals surface area contributed by atoms with Crippen LogP contribution >= 0.6 is 11.6 Å². The van der Waals surface area contributed by atoms with Crippen molar-refractivity contribution in [1.29, 1.82) is 0 Å². The van der Waals surface area contributed by atoms with Crippen molar-refractivity contribution in [2.75, 3.05) is 18.5 Å². The van der Waals surface area contributed by atoms with Crippen LogP contribution in [0.4, 0.5) is 18.9 Å². The summed E-state index contributed by atoms with van der Waals surface area (Å²) in [4.78, 5) is 17.0. The van der Waals surface area contributed by atoms with Crippen LogP contribution in [0.2, 0.25) is 5.02 Å². The summed E-state index contributed by atoms with van der Waals surface area (Å²) >= 11 is 6.51. The first-order valence-corrected chi connectivity index (χ1v) is 13.4. The normalized spacial score (nSPS) is 24.5. The molecule has 7 nitrogen and oxygen atoms in total. The highest BCUT2D eigenvalue weighted by Crippen LogP contribution is 2.39. The number of piperidine rings is 1. The molecule has 2 aromatic carbocycles. The highest BCUT2D eigenvalue weighted by molar-refractivity contribution is 7.88. The second kappa shape index (κ2) is 9.11. The number of halogens is 4. The Labute approximate surface area is 211 Å². The predicted molar refractivity (Wildman–Crippen MR) is 127 cm³/mol. The van der Waals surface area contributed by atoms with Crippen molar-refractivity contribution in [2.45, 2.75) is 55.8 Å². The number of benzene rings is 2. The summed E-state index contributed by atoms with van der Waals surface area (Å²) in [6.45, 7) is 0.232. The smallest absolute Gasteiger partial charge is 0.489 e. The molecular weight excluding hydrogens is 521 g/mol. The Kier molecular flexibility index (Phi) is 6.37. The number of hydrogen-bond donors (Lipinski definition) is 0. The van der Waals surface area contributed by atoms with E-state index in [1.54, 1.807) is 18.2 Å². The highest BCUT2D eigenvalue weighted by atomic mass is 35.5. The number of ether oxygens (including phenoxy) is 1. The first-order chi connectivity index (χ1) is 16.9. The lowest BCUT2D eigenvalue weighted by molar-refractivity contribution is -0.0500. The zero-order chi connectivity index (χ0) is 25.8. The van der Waals surface area contributed by atoms with E-state index in [0.29, 0.717) is 40.5 Å². The van der Waals surface area contributed by atoms with E-state index in [2.05, 4.69) is 16.1 Å². The van der Waals surface area contributed by atoms with Crippen LogP contribution in [0.1, 0.15) is 41.6 Å². The number of carbonyl (C=O) groups is 1. The molecule has 0 unspecified atom stereocenters. The molecule has 5 rings (SSSR count). The first kappa shape index (κ1) is 25.2. The van der Waals surface area contributed by atoms with Crippen LogP contribution in [0.5, 0.6) is 11.5 Å². The van der Waals surface area contributed by atoms with Gasteiger partial charge in [-0.25, -0.2) is 0 Å². The molecule has 12 heteroatoms. The molecule has 0 aromatic heterocycles. The number of alkyl halides is 3.